The van der Waals surface area contributed by atoms with Gasteiger partial charge in [-0.05, 0) is 47.6 Å². The normalized spacial score (nSPS) is 24.2. The summed E-state index contributed by atoms with van der Waals surface area (Å²) in [6.07, 6.45) is 0. The number of nitrogens with one attached hydrogen (secondary N) is 1. The minimum Gasteiger partial charge on any atom is -0.316 e. The number of hydrogen-bond donors (Lipinski definition) is 1. The Balaban J connectivity index is 2.41. The molecule has 1 aliphatic rings. The summed E-state index contributed by atoms with van der Waals surface area (Å²) in [5.74, 6) is 0.846. The van der Waals surface area contributed by atoms with Gasteiger partial charge in [0.05, 0.1) is 4.90 Å². The molecule has 0 saturated carbocycles. The maximum Gasteiger partial charge on any atom is 0.244 e. The van der Waals surface area contributed by atoms with Crippen LogP contribution in [0.2, 0.25) is 0 Å². The third-order valence-electron chi connectivity index (χ3n) is 3.79. The molecular weight excluding hydrogens is 372 g/mol. The second-order valence-corrected chi connectivity index (χ2v) is 9.43. The van der Waals surface area contributed by atoms with E-state index in [1.165, 1.54) is 0 Å². The molecule has 1 aliphatic heterocycles. The SMILES string of the molecule is CNCc1ccc(Br)c(S(=O)(=O)N2CCSC(C)C2C)c1. The van der Waals surface area contributed by atoms with E-state index in [1.54, 1.807) is 10.4 Å². The monoisotopic (exact) mass is 392 g/mol. The number of nitrogens with zero attached hydrogens (tertiary/aromatic N) is 1. The summed E-state index contributed by atoms with van der Waals surface area (Å²) in [5.41, 5.74) is 0.964. The van der Waals surface area contributed by atoms with Crippen LogP contribution in [0.15, 0.2) is 27.6 Å². The lowest BCUT2D eigenvalue weighted by molar-refractivity contribution is 0.340. The molecule has 0 spiro atoms. The minimum atomic E-state index is -3.47. The van der Waals surface area contributed by atoms with Crippen LogP contribution in [0, 0.1) is 0 Å². The fourth-order valence-corrected chi connectivity index (χ4v) is 6.40. The highest BCUT2D eigenvalue weighted by molar-refractivity contribution is 9.10. The van der Waals surface area contributed by atoms with Crippen molar-refractivity contribution in [3.05, 3.63) is 28.2 Å². The van der Waals surface area contributed by atoms with E-state index >= 15 is 0 Å². The highest BCUT2D eigenvalue weighted by Gasteiger charge is 2.35. The summed E-state index contributed by atoms with van der Waals surface area (Å²) in [6, 6.07) is 5.51. The maximum absolute atomic E-state index is 13.0. The zero-order valence-corrected chi connectivity index (χ0v) is 15.7. The van der Waals surface area contributed by atoms with Gasteiger partial charge in [-0.2, -0.15) is 16.1 Å². The van der Waals surface area contributed by atoms with Crippen molar-refractivity contribution in [2.75, 3.05) is 19.3 Å². The molecule has 2 unspecified atom stereocenters. The second-order valence-electron chi connectivity index (χ2n) is 5.23. The van der Waals surface area contributed by atoms with E-state index in [1.807, 2.05) is 37.9 Å². The number of halogens is 1. The summed E-state index contributed by atoms with van der Waals surface area (Å²) < 4.78 is 28.2. The van der Waals surface area contributed by atoms with Crippen LogP contribution in [0.5, 0.6) is 0 Å². The molecule has 0 aromatic heterocycles. The van der Waals surface area contributed by atoms with E-state index in [9.17, 15) is 8.42 Å². The Labute approximate surface area is 139 Å². The van der Waals surface area contributed by atoms with Gasteiger partial charge in [0.1, 0.15) is 0 Å². The van der Waals surface area contributed by atoms with E-state index in [2.05, 4.69) is 28.2 Å². The molecule has 1 saturated heterocycles. The zero-order valence-electron chi connectivity index (χ0n) is 12.5. The van der Waals surface area contributed by atoms with Crippen molar-refractivity contribution in [3.63, 3.8) is 0 Å². The lowest BCUT2D eigenvalue weighted by Crippen LogP contribution is -2.47. The topological polar surface area (TPSA) is 49.4 Å². The van der Waals surface area contributed by atoms with Crippen molar-refractivity contribution in [1.82, 2.24) is 9.62 Å². The van der Waals surface area contributed by atoms with E-state index in [0.717, 1.165) is 11.3 Å². The van der Waals surface area contributed by atoms with Gasteiger partial charge >= 0.3 is 0 Å². The predicted octanol–water partition coefficient (Wildman–Crippen LogP) is 2.68. The number of sulfonamides is 1. The molecule has 0 amide bonds. The van der Waals surface area contributed by atoms with Crippen LogP contribution < -0.4 is 5.32 Å². The van der Waals surface area contributed by atoms with E-state index in [0.29, 0.717) is 27.7 Å². The fourth-order valence-electron chi connectivity index (χ4n) is 2.43. The van der Waals surface area contributed by atoms with E-state index < -0.39 is 10.0 Å². The average Bonchev–Trinajstić information content (AvgIpc) is 2.44. The molecule has 0 bridgehead atoms. The lowest BCUT2D eigenvalue weighted by atomic mass is 10.2. The quantitative estimate of drug-likeness (QED) is 0.855. The molecule has 21 heavy (non-hydrogen) atoms. The Bertz CT molecular complexity index is 607. The van der Waals surface area contributed by atoms with Crippen LogP contribution in [-0.2, 0) is 16.6 Å². The Morgan fingerprint density at radius 3 is 2.81 bits per heavy atom. The van der Waals surface area contributed by atoms with Crippen molar-refractivity contribution >= 4 is 37.7 Å². The van der Waals surface area contributed by atoms with Gasteiger partial charge in [-0.3, -0.25) is 0 Å². The minimum absolute atomic E-state index is 0.00797. The average molecular weight is 393 g/mol. The zero-order chi connectivity index (χ0) is 15.6. The molecule has 1 heterocycles. The van der Waals surface area contributed by atoms with Crippen molar-refractivity contribution in [2.45, 2.75) is 36.6 Å². The Morgan fingerprint density at radius 2 is 2.14 bits per heavy atom. The first kappa shape index (κ1) is 17.3. The van der Waals surface area contributed by atoms with Crippen LogP contribution in [0.3, 0.4) is 0 Å². The Morgan fingerprint density at radius 1 is 1.43 bits per heavy atom. The molecule has 1 N–H and O–H groups in total. The van der Waals surface area contributed by atoms with Gasteiger partial charge in [-0.25, -0.2) is 8.42 Å². The number of rotatable bonds is 4. The number of thioether (sulfide) groups is 1. The summed E-state index contributed by atoms with van der Waals surface area (Å²) in [5, 5.41) is 3.36. The van der Waals surface area contributed by atoms with Crippen LogP contribution >= 0.6 is 27.7 Å². The Hall–Kier alpha value is -0.0800. The molecule has 2 rings (SSSR count). The first-order chi connectivity index (χ1) is 9.87. The summed E-state index contributed by atoms with van der Waals surface area (Å²) in [4.78, 5) is 0.362. The van der Waals surface area contributed by atoms with Crippen LogP contribution in [0.4, 0.5) is 0 Å². The first-order valence-electron chi connectivity index (χ1n) is 6.94. The van der Waals surface area contributed by atoms with Crippen LogP contribution in [0.25, 0.3) is 0 Å². The Kier molecular flexibility index (Phi) is 5.76. The van der Waals surface area contributed by atoms with Gasteiger partial charge in [0.25, 0.3) is 0 Å². The van der Waals surface area contributed by atoms with E-state index in [4.69, 9.17) is 0 Å². The van der Waals surface area contributed by atoms with Gasteiger partial charge in [0.2, 0.25) is 10.0 Å². The molecule has 2 atom stereocenters. The molecule has 0 aliphatic carbocycles. The van der Waals surface area contributed by atoms with Crippen LogP contribution in [0.1, 0.15) is 19.4 Å². The third-order valence-corrected chi connectivity index (χ3v) is 8.11. The molecule has 7 heteroatoms. The van der Waals surface area contributed by atoms with Gasteiger partial charge in [0, 0.05) is 34.6 Å². The van der Waals surface area contributed by atoms with Crippen LogP contribution in [-0.4, -0.2) is 43.4 Å². The van der Waals surface area contributed by atoms with Crippen molar-refractivity contribution < 1.29 is 8.42 Å². The van der Waals surface area contributed by atoms with Gasteiger partial charge in [0.15, 0.2) is 0 Å². The molecule has 1 fully saturated rings. The van der Waals surface area contributed by atoms with Crippen molar-refractivity contribution in [2.24, 2.45) is 0 Å². The highest BCUT2D eigenvalue weighted by atomic mass is 79.9. The second kappa shape index (κ2) is 7.00. The van der Waals surface area contributed by atoms with Crippen molar-refractivity contribution in [1.29, 1.82) is 0 Å². The summed E-state index contributed by atoms with van der Waals surface area (Å²) in [7, 11) is -1.62. The van der Waals surface area contributed by atoms with Gasteiger partial charge < -0.3 is 5.32 Å². The van der Waals surface area contributed by atoms with Gasteiger partial charge in [-0.1, -0.05) is 13.0 Å². The molecule has 4 nitrogen and oxygen atoms in total. The molecule has 0 radical (unpaired) electrons. The van der Waals surface area contributed by atoms with Gasteiger partial charge in [-0.15, -0.1) is 0 Å². The third kappa shape index (κ3) is 3.64. The molecule has 118 valence electrons. The van der Waals surface area contributed by atoms with Crippen molar-refractivity contribution in [3.8, 4) is 0 Å². The van der Waals surface area contributed by atoms with E-state index in [-0.39, 0.29) is 6.04 Å². The standard InChI is InChI=1S/C14H21BrN2O2S2/c1-10-11(2)20-7-6-17(10)21(18,19)14-8-12(9-16-3)4-5-13(14)15/h4-5,8,10-11,16H,6-7,9H2,1-3H3. The molecule has 1 aromatic rings. The molecular formula is C14H21BrN2O2S2. The number of hydrogen-bond acceptors (Lipinski definition) is 4. The first-order valence-corrected chi connectivity index (χ1v) is 10.2. The fraction of sp³-hybridized carbons (Fsp3) is 0.571. The lowest BCUT2D eigenvalue weighted by Gasteiger charge is -2.36. The summed E-state index contributed by atoms with van der Waals surface area (Å²) in [6.45, 7) is 5.29. The smallest absolute Gasteiger partial charge is 0.244 e. The molecule has 1 aromatic carbocycles. The maximum atomic E-state index is 13.0. The predicted molar refractivity (Wildman–Crippen MR) is 92.2 cm³/mol. The largest absolute Gasteiger partial charge is 0.316 e. The number of benzene rings is 1. The highest BCUT2D eigenvalue weighted by Crippen LogP contribution is 2.32. The summed E-state index contributed by atoms with van der Waals surface area (Å²) >= 11 is 5.22.